The van der Waals surface area contributed by atoms with Gasteiger partial charge in [0.05, 0.1) is 28.3 Å². The molecule has 7 rings (SSSR count). The molecule has 1 atom stereocenters. The van der Waals surface area contributed by atoms with Gasteiger partial charge in [0.15, 0.2) is 0 Å². The zero-order valence-corrected chi connectivity index (χ0v) is 25.2. The molecule has 4 aliphatic rings. The number of amides is 2. The van der Waals surface area contributed by atoms with Crippen LogP contribution in [0.4, 0.5) is 0 Å². The van der Waals surface area contributed by atoms with Crippen molar-refractivity contribution < 1.29 is 9.59 Å². The van der Waals surface area contributed by atoms with E-state index in [0.717, 1.165) is 99.9 Å². The summed E-state index contributed by atoms with van der Waals surface area (Å²) in [7, 11) is 0. The van der Waals surface area contributed by atoms with Crippen molar-refractivity contribution in [2.75, 3.05) is 26.2 Å². The van der Waals surface area contributed by atoms with Gasteiger partial charge in [-0.05, 0) is 110 Å². The molecule has 0 N–H and O–H groups in total. The lowest BCUT2D eigenvalue weighted by molar-refractivity contribution is 0.0658. The summed E-state index contributed by atoms with van der Waals surface area (Å²) in [6, 6.07) is 23.9. The first-order chi connectivity index (χ1) is 20.9. The van der Waals surface area contributed by atoms with Gasteiger partial charge in [-0.15, -0.1) is 0 Å². The quantitative estimate of drug-likeness (QED) is 0.322. The van der Waals surface area contributed by atoms with Crippen molar-refractivity contribution in [3.63, 3.8) is 0 Å². The Bertz CT molecular complexity index is 1600. The van der Waals surface area contributed by atoms with Crippen LogP contribution in [0, 0.1) is 16.7 Å². The van der Waals surface area contributed by atoms with E-state index in [0.29, 0.717) is 10.6 Å². The molecule has 1 unspecified atom stereocenters. The van der Waals surface area contributed by atoms with Crippen LogP contribution in [-0.4, -0.2) is 58.7 Å². The molecule has 0 bridgehead atoms. The molecule has 43 heavy (non-hydrogen) atoms. The van der Waals surface area contributed by atoms with Crippen LogP contribution in [-0.2, 0) is 13.0 Å². The summed E-state index contributed by atoms with van der Waals surface area (Å²) in [4.78, 5) is 34.2. The lowest BCUT2D eigenvalue weighted by Crippen LogP contribution is -2.42. The number of benzene rings is 3. The molecule has 6 nitrogen and oxygen atoms in total. The Hall–Kier alpha value is -3.66. The molecular formula is C36H37ClN4O2. The zero-order chi connectivity index (χ0) is 29.6. The molecule has 2 heterocycles. The number of carbonyl (C=O) groups is 2. The average Bonchev–Trinajstić information content (AvgIpc) is 3.66. The maximum Gasteiger partial charge on any atom is 0.256 e. The van der Waals surface area contributed by atoms with Crippen LogP contribution in [0.2, 0.25) is 5.02 Å². The average molecular weight is 593 g/mol. The molecule has 3 fully saturated rings. The summed E-state index contributed by atoms with van der Waals surface area (Å²) in [5, 5.41) is 9.95. The van der Waals surface area contributed by atoms with Gasteiger partial charge in [0.1, 0.15) is 0 Å². The first-order valence-corrected chi connectivity index (χ1v) is 16.0. The van der Waals surface area contributed by atoms with E-state index in [-0.39, 0.29) is 29.3 Å². The topological polar surface area (TPSA) is 67.7 Å². The highest BCUT2D eigenvalue weighted by Gasteiger charge is 2.44. The summed E-state index contributed by atoms with van der Waals surface area (Å²) in [6.07, 6.45) is 6.99. The van der Waals surface area contributed by atoms with Crippen LogP contribution in [0.15, 0.2) is 66.7 Å². The van der Waals surface area contributed by atoms with Gasteiger partial charge >= 0.3 is 0 Å². The summed E-state index contributed by atoms with van der Waals surface area (Å²) >= 11 is 6.44. The molecule has 2 aliphatic carbocycles. The van der Waals surface area contributed by atoms with Crippen molar-refractivity contribution in [1.29, 1.82) is 5.26 Å². The van der Waals surface area contributed by atoms with Crippen LogP contribution in [0.3, 0.4) is 0 Å². The molecule has 2 saturated heterocycles. The largest absolute Gasteiger partial charge is 0.338 e. The highest BCUT2D eigenvalue weighted by atomic mass is 35.5. The number of halogens is 1. The Morgan fingerprint density at radius 2 is 1.70 bits per heavy atom. The Balaban J connectivity index is 1.03. The number of nitrogens with zero attached hydrogens (tertiary/aromatic N) is 4. The second kappa shape index (κ2) is 11.4. The fourth-order valence-electron chi connectivity index (χ4n) is 7.58. The minimum absolute atomic E-state index is 0.00776. The standard InChI is InChI=1S/C36H37ClN4O2/c37-32-8-4-3-7-30(32)35(43)41(29-12-13-29)33-14-11-25-9-10-26(21-31(25)33)34(42)40-20-17-36(24-40)15-18-39(19-16-36)23-28-6-2-1-5-27(28)22-38/h1-10,21,29,33H,11-20,23-24H2. The summed E-state index contributed by atoms with van der Waals surface area (Å²) in [5.74, 6) is 0.0951. The number of carbonyl (C=O) groups excluding carboxylic acids is 2. The van der Waals surface area contributed by atoms with Crippen LogP contribution < -0.4 is 0 Å². The van der Waals surface area contributed by atoms with Gasteiger partial charge in [0.25, 0.3) is 11.8 Å². The second-order valence-corrected chi connectivity index (χ2v) is 13.3. The summed E-state index contributed by atoms with van der Waals surface area (Å²) in [5.41, 5.74) is 5.66. The number of rotatable bonds is 6. The Kier molecular flexibility index (Phi) is 7.49. The van der Waals surface area contributed by atoms with Crippen molar-refractivity contribution in [3.05, 3.63) is 105 Å². The first-order valence-electron chi connectivity index (χ1n) is 15.6. The van der Waals surface area contributed by atoms with Gasteiger partial charge in [-0.2, -0.15) is 5.26 Å². The van der Waals surface area contributed by atoms with Crippen molar-refractivity contribution in [2.24, 2.45) is 5.41 Å². The molecular weight excluding hydrogens is 556 g/mol. The molecule has 1 saturated carbocycles. The third-order valence-electron chi connectivity index (χ3n) is 10.2. The number of hydrogen-bond donors (Lipinski definition) is 0. The predicted molar refractivity (Wildman–Crippen MR) is 167 cm³/mol. The normalized spacial score (nSPS) is 21.0. The summed E-state index contributed by atoms with van der Waals surface area (Å²) in [6.45, 7) is 4.36. The molecule has 3 aromatic rings. The maximum absolute atomic E-state index is 13.9. The number of hydrogen-bond acceptors (Lipinski definition) is 4. The highest BCUT2D eigenvalue weighted by molar-refractivity contribution is 6.33. The minimum Gasteiger partial charge on any atom is -0.338 e. The zero-order valence-electron chi connectivity index (χ0n) is 24.5. The Morgan fingerprint density at radius 3 is 2.47 bits per heavy atom. The second-order valence-electron chi connectivity index (χ2n) is 12.9. The van der Waals surface area contributed by atoms with E-state index >= 15 is 0 Å². The monoisotopic (exact) mass is 592 g/mol. The highest BCUT2D eigenvalue weighted by Crippen LogP contribution is 2.44. The molecule has 220 valence electrons. The van der Waals surface area contributed by atoms with Crippen LogP contribution in [0.5, 0.6) is 0 Å². The lowest BCUT2D eigenvalue weighted by atomic mass is 9.77. The first kappa shape index (κ1) is 28.1. The van der Waals surface area contributed by atoms with Crippen molar-refractivity contribution in [1.82, 2.24) is 14.7 Å². The van der Waals surface area contributed by atoms with Crippen LogP contribution in [0.1, 0.15) is 87.5 Å². The van der Waals surface area contributed by atoms with Gasteiger partial charge in [-0.25, -0.2) is 0 Å². The van der Waals surface area contributed by atoms with E-state index in [9.17, 15) is 14.9 Å². The molecule has 3 aromatic carbocycles. The van der Waals surface area contributed by atoms with E-state index in [1.54, 1.807) is 6.07 Å². The molecule has 2 amide bonds. The van der Waals surface area contributed by atoms with Crippen molar-refractivity contribution in [3.8, 4) is 6.07 Å². The molecule has 1 spiro atoms. The lowest BCUT2D eigenvalue weighted by Gasteiger charge is -2.39. The predicted octanol–water partition coefficient (Wildman–Crippen LogP) is 6.63. The van der Waals surface area contributed by atoms with Gasteiger partial charge < -0.3 is 9.80 Å². The number of piperidine rings is 1. The smallest absolute Gasteiger partial charge is 0.256 e. The molecule has 0 aromatic heterocycles. The van der Waals surface area contributed by atoms with Crippen molar-refractivity contribution >= 4 is 23.4 Å². The van der Waals surface area contributed by atoms with E-state index in [1.807, 2.05) is 42.5 Å². The van der Waals surface area contributed by atoms with Gasteiger partial charge in [0, 0.05) is 31.2 Å². The molecule has 2 aliphatic heterocycles. The van der Waals surface area contributed by atoms with Crippen molar-refractivity contribution in [2.45, 2.75) is 63.6 Å². The third-order valence-corrected chi connectivity index (χ3v) is 10.6. The Labute approximate surface area is 258 Å². The van der Waals surface area contributed by atoms with Gasteiger partial charge in [-0.3, -0.25) is 14.5 Å². The number of nitriles is 1. The maximum atomic E-state index is 13.9. The van der Waals surface area contributed by atoms with E-state index in [1.165, 1.54) is 5.56 Å². The molecule has 7 heteroatoms. The fraction of sp³-hybridized carbons (Fsp3) is 0.417. The molecule has 0 radical (unpaired) electrons. The minimum atomic E-state index is -0.0283. The van der Waals surface area contributed by atoms with Crippen LogP contribution >= 0.6 is 11.6 Å². The number of fused-ring (bicyclic) bond motifs is 1. The third kappa shape index (κ3) is 5.46. The fourth-order valence-corrected chi connectivity index (χ4v) is 7.80. The number of likely N-dealkylation sites (tertiary alicyclic amines) is 2. The van der Waals surface area contributed by atoms with Crippen LogP contribution in [0.25, 0.3) is 0 Å². The Morgan fingerprint density at radius 1 is 0.953 bits per heavy atom. The number of aryl methyl sites for hydroxylation is 1. The summed E-state index contributed by atoms with van der Waals surface area (Å²) < 4.78 is 0. The van der Waals surface area contributed by atoms with E-state index < -0.39 is 0 Å². The SMILES string of the molecule is N#Cc1ccccc1CN1CCC2(CC1)CCN(C(=O)c1ccc3c(c1)C(N(C(=O)c1ccccc1Cl)C1CC1)CC3)C2. The van der Waals surface area contributed by atoms with Gasteiger partial charge in [-0.1, -0.05) is 48.0 Å². The van der Waals surface area contributed by atoms with E-state index in [2.05, 4.69) is 39.0 Å². The van der Waals surface area contributed by atoms with Gasteiger partial charge in [0.2, 0.25) is 0 Å². The van der Waals surface area contributed by atoms with E-state index in [4.69, 9.17) is 11.6 Å².